The molecule has 0 unspecified atom stereocenters. The molecule has 0 radical (unpaired) electrons. The highest BCUT2D eigenvalue weighted by atomic mass is 32.1. The first kappa shape index (κ1) is 14.7. The highest BCUT2D eigenvalue weighted by Crippen LogP contribution is 2.18. The second-order valence-electron chi connectivity index (χ2n) is 4.90. The minimum Gasteiger partial charge on any atom is -0.297 e. The summed E-state index contributed by atoms with van der Waals surface area (Å²) in [5.41, 5.74) is 4.71. The monoisotopic (exact) mass is 289 g/mol. The largest absolute Gasteiger partial charge is 0.297 e. The standard InChI is InChI=1S/C15H19N3OS/c1-11-3-5-12(6-4-11)9-18(2)10-13-7-8-14(20-13)15(19)17-16/h3-8H,9-10,16H2,1-2H3,(H,17,19). The average Bonchev–Trinajstić information content (AvgIpc) is 2.89. The zero-order chi connectivity index (χ0) is 14.5. The van der Waals surface area contributed by atoms with Gasteiger partial charge in [0.2, 0.25) is 0 Å². The number of nitrogen functional groups attached to an aromatic ring is 1. The van der Waals surface area contributed by atoms with E-state index in [1.54, 1.807) is 0 Å². The van der Waals surface area contributed by atoms with Crippen molar-refractivity contribution in [3.8, 4) is 0 Å². The van der Waals surface area contributed by atoms with E-state index in [1.807, 2.05) is 12.1 Å². The first-order valence-corrected chi connectivity index (χ1v) is 7.24. The second kappa shape index (κ2) is 6.65. The quantitative estimate of drug-likeness (QED) is 0.504. The number of hydrogen-bond acceptors (Lipinski definition) is 4. The van der Waals surface area contributed by atoms with E-state index in [0.717, 1.165) is 18.0 Å². The number of benzene rings is 1. The van der Waals surface area contributed by atoms with Crippen LogP contribution in [-0.4, -0.2) is 17.9 Å². The van der Waals surface area contributed by atoms with Crippen LogP contribution >= 0.6 is 11.3 Å². The Morgan fingerprint density at radius 2 is 1.90 bits per heavy atom. The molecule has 1 amide bonds. The molecule has 0 aliphatic carbocycles. The number of amides is 1. The number of nitrogens with one attached hydrogen (secondary N) is 1. The summed E-state index contributed by atoms with van der Waals surface area (Å²) in [6.07, 6.45) is 0. The number of carbonyl (C=O) groups excluding carboxylic acids is 1. The maximum Gasteiger partial charge on any atom is 0.275 e. The van der Waals surface area contributed by atoms with Gasteiger partial charge in [-0.25, -0.2) is 5.84 Å². The predicted molar refractivity (Wildman–Crippen MR) is 82.3 cm³/mol. The minimum atomic E-state index is -0.234. The van der Waals surface area contributed by atoms with Crippen LogP contribution in [0.2, 0.25) is 0 Å². The summed E-state index contributed by atoms with van der Waals surface area (Å²) in [7, 11) is 2.07. The van der Waals surface area contributed by atoms with E-state index in [-0.39, 0.29) is 5.91 Å². The Bertz CT molecular complexity index is 577. The second-order valence-corrected chi connectivity index (χ2v) is 6.07. The van der Waals surface area contributed by atoms with Crippen molar-refractivity contribution in [2.45, 2.75) is 20.0 Å². The van der Waals surface area contributed by atoms with E-state index < -0.39 is 0 Å². The molecule has 20 heavy (non-hydrogen) atoms. The molecule has 0 fully saturated rings. The lowest BCUT2D eigenvalue weighted by molar-refractivity contribution is 0.0957. The van der Waals surface area contributed by atoms with Gasteiger partial charge in [0.05, 0.1) is 4.88 Å². The molecule has 0 atom stereocenters. The van der Waals surface area contributed by atoms with Crippen LogP contribution in [0.4, 0.5) is 0 Å². The van der Waals surface area contributed by atoms with E-state index in [0.29, 0.717) is 4.88 Å². The maximum atomic E-state index is 11.4. The van der Waals surface area contributed by atoms with Crippen molar-refractivity contribution in [1.29, 1.82) is 0 Å². The third-order valence-electron chi connectivity index (χ3n) is 3.02. The summed E-state index contributed by atoms with van der Waals surface area (Å²) in [5.74, 6) is 4.89. The van der Waals surface area contributed by atoms with Gasteiger partial charge in [-0.15, -0.1) is 11.3 Å². The lowest BCUT2D eigenvalue weighted by Crippen LogP contribution is -2.29. The summed E-state index contributed by atoms with van der Waals surface area (Å²) in [5, 5.41) is 0. The Labute approximate surface area is 123 Å². The van der Waals surface area contributed by atoms with Crippen LogP contribution in [0, 0.1) is 6.92 Å². The van der Waals surface area contributed by atoms with Gasteiger partial charge in [-0.1, -0.05) is 29.8 Å². The summed E-state index contributed by atoms with van der Waals surface area (Å²) in [6, 6.07) is 12.3. The summed E-state index contributed by atoms with van der Waals surface area (Å²) in [6.45, 7) is 3.79. The van der Waals surface area contributed by atoms with Crippen LogP contribution in [0.1, 0.15) is 25.7 Å². The molecule has 0 saturated carbocycles. The van der Waals surface area contributed by atoms with Crippen molar-refractivity contribution in [3.05, 3.63) is 57.3 Å². The third kappa shape index (κ3) is 3.90. The molecule has 3 N–H and O–H groups in total. The van der Waals surface area contributed by atoms with Crippen molar-refractivity contribution < 1.29 is 4.79 Å². The van der Waals surface area contributed by atoms with Crippen LogP contribution in [0.5, 0.6) is 0 Å². The SMILES string of the molecule is Cc1ccc(CN(C)Cc2ccc(C(=O)NN)s2)cc1. The van der Waals surface area contributed by atoms with Gasteiger partial charge < -0.3 is 0 Å². The van der Waals surface area contributed by atoms with Crippen LogP contribution < -0.4 is 11.3 Å². The number of thiophene rings is 1. The number of nitrogens with zero attached hydrogens (tertiary/aromatic N) is 1. The van der Waals surface area contributed by atoms with E-state index >= 15 is 0 Å². The van der Waals surface area contributed by atoms with Crippen molar-refractivity contribution >= 4 is 17.2 Å². The molecule has 106 valence electrons. The first-order valence-electron chi connectivity index (χ1n) is 6.42. The van der Waals surface area contributed by atoms with Crippen molar-refractivity contribution in [1.82, 2.24) is 10.3 Å². The fourth-order valence-electron chi connectivity index (χ4n) is 1.98. The highest BCUT2D eigenvalue weighted by Gasteiger charge is 2.09. The fourth-order valence-corrected chi connectivity index (χ4v) is 2.97. The molecule has 0 aliphatic heterocycles. The van der Waals surface area contributed by atoms with Crippen molar-refractivity contribution in [2.75, 3.05) is 7.05 Å². The first-order chi connectivity index (χ1) is 9.58. The zero-order valence-electron chi connectivity index (χ0n) is 11.7. The fraction of sp³-hybridized carbons (Fsp3) is 0.267. The molecule has 0 bridgehead atoms. The van der Waals surface area contributed by atoms with E-state index in [9.17, 15) is 4.79 Å². The van der Waals surface area contributed by atoms with E-state index in [2.05, 4.69) is 48.6 Å². The van der Waals surface area contributed by atoms with Gasteiger partial charge in [-0.05, 0) is 31.7 Å². The molecule has 2 rings (SSSR count). The van der Waals surface area contributed by atoms with Gasteiger partial charge in [0.25, 0.3) is 5.91 Å². The normalized spacial score (nSPS) is 10.8. The minimum absolute atomic E-state index is 0.234. The number of aryl methyl sites for hydroxylation is 1. The van der Waals surface area contributed by atoms with Crippen LogP contribution in [0.15, 0.2) is 36.4 Å². The number of rotatable bonds is 5. The van der Waals surface area contributed by atoms with Crippen molar-refractivity contribution in [2.24, 2.45) is 5.84 Å². The topological polar surface area (TPSA) is 58.4 Å². The van der Waals surface area contributed by atoms with Gasteiger partial charge >= 0.3 is 0 Å². The maximum absolute atomic E-state index is 11.4. The molecule has 1 aromatic carbocycles. The Hall–Kier alpha value is -1.69. The molecule has 2 aromatic rings. The molecular weight excluding hydrogens is 270 g/mol. The smallest absolute Gasteiger partial charge is 0.275 e. The van der Waals surface area contributed by atoms with Crippen molar-refractivity contribution in [3.63, 3.8) is 0 Å². The zero-order valence-corrected chi connectivity index (χ0v) is 12.5. The number of hydrogen-bond donors (Lipinski definition) is 2. The van der Waals surface area contributed by atoms with Gasteiger partial charge in [-0.2, -0.15) is 0 Å². The molecule has 0 saturated heterocycles. The third-order valence-corrected chi connectivity index (χ3v) is 4.08. The predicted octanol–water partition coefficient (Wildman–Crippen LogP) is 2.29. The Balaban J connectivity index is 1.94. The summed E-state index contributed by atoms with van der Waals surface area (Å²) >= 11 is 1.47. The average molecular weight is 289 g/mol. The van der Waals surface area contributed by atoms with Crippen LogP contribution in [0.25, 0.3) is 0 Å². The Morgan fingerprint density at radius 3 is 2.55 bits per heavy atom. The summed E-state index contributed by atoms with van der Waals surface area (Å²) < 4.78 is 0. The van der Waals surface area contributed by atoms with Crippen LogP contribution in [0.3, 0.4) is 0 Å². The molecule has 0 spiro atoms. The summed E-state index contributed by atoms with van der Waals surface area (Å²) in [4.78, 5) is 15.4. The molecule has 4 nitrogen and oxygen atoms in total. The molecule has 1 aromatic heterocycles. The molecular formula is C15H19N3OS. The Morgan fingerprint density at radius 1 is 1.20 bits per heavy atom. The number of hydrazine groups is 1. The number of nitrogens with two attached hydrogens (primary N) is 1. The molecule has 1 heterocycles. The van der Waals surface area contributed by atoms with Gasteiger partial charge in [0.1, 0.15) is 0 Å². The van der Waals surface area contributed by atoms with Gasteiger partial charge in [-0.3, -0.25) is 15.1 Å². The Kier molecular flexibility index (Phi) is 4.89. The van der Waals surface area contributed by atoms with E-state index in [4.69, 9.17) is 5.84 Å². The lowest BCUT2D eigenvalue weighted by Gasteiger charge is -2.15. The van der Waals surface area contributed by atoms with Crippen LogP contribution in [-0.2, 0) is 13.1 Å². The lowest BCUT2D eigenvalue weighted by atomic mass is 10.1. The molecule has 5 heteroatoms. The highest BCUT2D eigenvalue weighted by molar-refractivity contribution is 7.14. The van der Waals surface area contributed by atoms with Gasteiger partial charge in [0.15, 0.2) is 0 Å². The van der Waals surface area contributed by atoms with Gasteiger partial charge in [0, 0.05) is 18.0 Å². The van der Waals surface area contributed by atoms with E-state index in [1.165, 1.54) is 22.5 Å². The number of carbonyl (C=O) groups is 1. The molecule has 0 aliphatic rings.